The Labute approximate surface area is 125 Å². The molecule has 5 heteroatoms. The normalized spacial score (nSPS) is 22.6. The summed E-state index contributed by atoms with van der Waals surface area (Å²) in [6.45, 7) is 2.00. The SMILES string of the molecule is O=C(c1ccccc1I)N1CCN2C(=O)CCC2C1. The van der Waals surface area contributed by atoms with E-state index < -0.39 is 0 Å². The van der Waals surface area contributed by atoms with E-state index in [1.807, 2.05) is 34.1 Å². The Morgan fingerprint density at radius 2 is 2.05 bits per heavy atom. The highest BCUT2D eigenvalue weighted by molar-refractivity contribution is 14.1. The van der Waals surface area contributed by atoms with E-state index in [9.17, 15) is 9.59 Å². The van der Waals surface area contributed by atoms with Gasteiger partial charge in [-0.1, -0.05) is 12.1 Å². The number of fused-ring (bicyclic) bond motifs is 1. The first-order chi connectivity index (χ1) is 9.16. The number of halogens is 1. The maximum Gasteiger partial charge on any atom is 0.255 e. The maximum absolute atomic E-state index is 12.5. The van der Waals surface area contributed by atoms with Crippen molar-refractivity contribution < 1.29 is 9.59 Å². The van der Waals surface area contributed by atoms with Gasteiger partial charge in [0.25, 0.3) is 5.91 Å². The second kappa shape index (κ2) is 5.11. The summed E-state index contributed by atoms with van der Waals surface area (Å²) in [7, 11) is 0. The number of rotatable bonds is 1. The number of amides is 2. The highest BCUT2D eigenvalue weighted by atomic mass is 127. The molecule has 0 aromatic heterocycles. The van der Waals surface area contributed by atoms with Crippen LogP contribution >= 0.6 is 22.6 Å². The second-order valence-corrected chi connectivity index (χ2v) is 6.17. The molecule has 1 unspecified atom stereocenters. The number of nitrogens with zero attached hydrogens (tertiary/aromatic N) is 2. The van der Waals surface area contributed by atoms with Crippen molar-refractivity contribution in [3.8, 4) is 0 Å². The van der Waals surface area contributed by atoms with Crippen LogP contribution in [0.15, 0.2) is 24.3 Å². The van der Waals surface area contributed by atoms with Gasteiger partial charge >= 0.3 is 0 Å². The van der Waals surface area contributed by atoms with Crippen LogP contribution in [0.1, 0.15) is 23.2 Å². The smallest absolute Gasteiger partial charge is 0.255 e. The van der Waals surface area contributed by atoms with Crippen LogP contribution in [-0.4, -0.2) is 47.3 Å². The molecule has 3 rings (SSSR count). The molecule has 1 atom stereocenters. The van der Waals surface area contributed by atoms with E-state index in [-0.39, 0.29) is 17.9 Å². The van der Waals surface area contributed by atoms with Gasteiger partial charge < -0.3 is 9.80 Å². The highest BCUT2D eigenvalue weighted by Gasteiger charge is 2.37. The third-order valence-electron chi connectivity index (χ3n) is 3.89. The summed E-state index contributed by atoms with van der Waals surface area (Å²) in [6, 6.07) is 7.88. The van der Waals surface area contributed by atoms with E-state index in [1.165, 1.54) is 0 Å². The van der Waals surface area contributed by atoms with Crippen LogP contribution in [-0.2, 0) is 4.79 Å². The van der Waals surface area contributed by atoms with E-state index in [1.54, 1.807) is 0 Å². The van der Waals surface area contributed by atoms with Crippen molar-refractivity contribution in [1.82, 2.24) is 9.80 Å². The molecule has 19 heavy (non-hydrogen) atoms. The minimum atomic E-state index is 0.0870. The molecule has 1 aromatic carbocycles. The second-order valence-electron chi connectivity index (χ2n) is 5.01. The molecule has 2 saturated heterocycles. The van der Waals surface area contributed by atoms with Gasteiger partial charge in [0.1, 0.15) is 0 Å². The van der Waals surface area contributed by atoms with Crippen LogP contribution in [0.25, 0.3) is 0 Å². The molecule has 2 aliphatic heterocycles. The summed E-state index contributed by atoms with van der Waals surface area (Å²) in [5, 5.41) is 0. The third kappa shape index (κ3) is 2.35. The van der Waals surface area contributed by atoms with Gasteiger partial charge in [-0.25, -0.2) is 0 Å². The standard InChI is InChI=1S/C14H15IN2O2/c15-12-4-2-1-3-11(12)14(19)16-7-8-17-10(9-16)5-6-13(17)18/h1-4,10H,5-9H2. The predicted molar refractivity (Wildman–Crippen MR) is 79.8 cm³/mol. The molecule has 2 amide bonds. The molecule has 1 aromatic rings. The number of hydrogen-bond acceptors (Lipinski definition) is 2. The molecular formula is C14H15IN2O2. The molecule has 0 radical (unpaired) electrons. The molecule has 2 aliphatic rings. The predicted octanol–water partition coefficient (Wildman–Crippen LogP) is 1.74. The van der Waals surface area contributed by atoms with E-state index in [0.717, 1.165) is 15.6 Å². The Morgan fingerprint density at radius 3 is 2.84 bits per heavy atom. The molecule has 0 bridgehead atoms. The van der Waals surface area contributed by atoms with Gasteiger partial charge in [0, 0.05) is 35.7 Å². The van der Waals surface area contributed by atoms with Gasteiger partial charge in [-0.2, -0.15) is 0 Å². The first-order valence-electron chi connectivity index (χ1n) is 6.50. The molecule has 100 valence electrons. The van der Waals surface area contributed by atoms with Crippen LogP contribution in [0.3, 0.4) is 0 Å². The molecule has 0 saturated carbocycles. The lowest BCUT2D eigenvalue weighted by Gasteiger charge is -2.37. The number of hydrogen-bond donors (Lipinski definition) is 0. The molecule has 4 nitrogen and oxygen atoms in total. The van der Waals surface area contributed by atoms with E-state index in [4.69, 9.17) is 0 Å². The Kier molecular flexibility index (Phi) is 3.47. The number of piperazine rings is 1. The third-order valence-corrected chi connectivity index (χ3v) is 4.83. The zero-order valence-electron chi connectivity index (χ0n) is 10.5. The molecule has 2 heterocycles. The fraction of sp³-hybridized carbons (Fsp3) is 0.429. The van der Waals surface area contributed by atoms with Gasteiger partial charge in [0.15, 0.2) is 0 Å². The largest absolute Gasteiger partial charge is 0.336 e. The summed E-state index contributed by atoms with van der Waals surface area (Å²) < 4.78 is 0.982. The summed E-state index contributed by atoms with van der Waals surface area (Å²) in [4.78, 5) is 28.0. The van der Waals surface area contributed by atoms with E-state index in [2.05, 4.69) is 22.6 Å². The van der Waals surface area contributed by atoms with Crippen LogP contribution in [0.5, 0.6) is 0 Å². The molecule has 0 N–H and O–H groups in total. The van der Waals surface area contributed by atoms with Crippen molar-refractivity contribution in [3.63, 3.8) is 0 Å². The van der Waals surface area contributed by atoms with Crippen LogP contribution in [0.2, 0.25) is 0 Å². The Bertz CT molecular complexity index is 532. The van der Waals surface area contributed by atoms with Crippen LogP contribution in [0.4, 0.5) is 0 Å². The Balaban J connectivity index is 1.76. The first kappa shape index (κ1) is 12.9. The number of carbonyl (C=O) groups excluding carboxylic acids is 2. The van der Waals surface area contributed by atoms with Crippen molar-refractivity contribution in [2.24, 2.45) is 0 Å². The topological polar surface area (TPSA) is 40.6 Å². The van der Waals surface area contributed by atoms with E-state index >= 15 is 0 Å². The zero-order chi connectivity index (χ0) is 13.4. The summed E-state index contributed by atoms with van der Waals surface area (Å²) >= 11 is 2.19. The van der Waals surface area contributed by atoms with Gasteiger partial charge in [-0.05, 0) is 41.1 Å². The molecule has 0 spiro atoms. The fourth-order valence-corrected chi connectivity index (χ4v) is 3.47. The van der Waals surface area contributed by atoms with Gasteiger partial charge in [0.2, 0.25) is 5.91 Å². The maximum atomic E-state index is 12.5. The highest BCUT2D eigenvalue weighted by Crippen LogP contribution is 2.24. The van der Waals surface area contributed by atoms with Crippen molar-refractivity contribution in [1.29, 1.82) is 0 Å². The van der Waals surface area contributed by atoms with Crippen molar-refractivity contribution >= 4 is 34.4 Å². The fourth-order valence-electron chi connectivity index (χ4n) is 2.85. The average molecular weight is 370 g/mol. The van der Waals surface area contributed by atoms with Gasteiger partial charge in [-0.3, -0.25) is 9.59 Å². The number of benzene rings is 1. The first-order valence-corrected chi connectivity index (χ1v) is 7.58. The van der Waals surface area contributed by atoms with Gasteiger partial charge in [0.05, 0.1) is 5.56 Å². The minimum Gasteiger partial charge on any atom is -0.336 e. The lowest BCUT2D eigenvalue weighted by molar-refractivity contribution is -0.130. The van der Waals surface area contributed by atoms with Crippen molar-refractivity contribution in [3.05, 3.63) is 33.4 Å². The summed E-state index contributed by atoms with van der Waals surface area (Å²) in [5.41, 5.74) is 0.765. The minimum absolute atomic E-state index is 0.0870. The lowest BCUT2D eigenvalue weighted by atomic mass is 10.1. The molecule has 0 aliphatic carbocycles. The average Bonchev–Trinajstić information content (AvgIpc) is 2.80. The molecular weight excluding hydrogens is 355 g/mol. The van der Waals surface area contributed by atoms with Crippen LogP contribution < -0.4 is 0 Å². The number of carbonyl (C=O) groups is 2. The Morgan fingerprint density at radius 1 is 1.26 bits per heavy atom. The zero-order valence-corrected chi connectivity index (χ0v) is 12.7. The summed E-state index contributed by atoms with van der Waals surface area (Å²) in [5.74, 6) is 0.329. The van der Waals surface area contributed by atoms with Crippen LogP contribution in [0, 0.1) is 3.57 Å². The molecule has 2 fully saturated rings. The van der Waals surface area contributed by atoms with Gasteiger partial charge in [-0.15, -0.1) is 0 Å². The quantitative estimate of drug-likeness (QED) is 0.707. The van der Waals surface area contributed by atoms with Crippen molar-refractivity contribution in [2.75, 3.05) is 19.6 Å². The van der Waals surface area contributed by atoms with E-state index in [0.29, 0.717) is 26.1 Å². The van der Waals surface area contributed by atoms with Crippen molar-refractivity contribution in [2.45, 2.75) is 18.9 Å². The Hall–Kier alpha value is -1.11. The monoisotopic (exact) mass is 370 g/mol. The lowest BCUT2D eigenvalue weighted by Crippen LogP contribution is -2.53. The summed E-state index contributed by atoms with van der Waals surface area (Å²) in [6.07, 6.45) is 1.52.